The van der Waals surface area contributed by atoms with Crippen LogP contribution in [0.5, 0.6) is 11.6 Å². The number of carbonyl (C=O) groups excluding carboxylic acids is 1. The highest BCUT2D eigenvalue weighted by molar-refractivity contribution is 6.05. The van der Waals surface area contributed by atoms with Gasteiger partial charge in [-0.15, -0.1) is 0 Å². The quantitative estimate of drug-likeness (QED) is 0.229. The van der Waals surface area contributed by atoms with Crippen molar-refractivity contribution < 1.29 is 19.0 Å². The molecular weight excluding hydrogens is 544 g/mol. The lowest BCUT2D eigenvalue weighted by Gasteiger charge is -2.19. The number of nitrogens with one attached hydrogen (secondary N) is 3. The average molecular weight is 577 g/mol. The van der Waals surface area contributed by atoms with Crippen LogP contribution in [0.4, 0.5) is 17.1 Å². The third kappa shape index (κ3) is 7.09. The first kappa shape index (κ1) is 28.2. The molecule has 0 saturated carbocycles. The SMILES string of the molecule is N#Cc1cnc2cc(OC3CCOC3)c(NC(=O)C=C3CCNCC3)cc2c1Nc1ccc(OCc2ccccc2)nc1. The van der Waals surface area contributed by atoms with Crippen molar-refractivity contribution in [3.8, 4) is 17.7 Å². The summed E-state index contributed by atoms with van der Waals surface area (Å²) >= 11 is 0. The number of ether oxygens (including phenoxy) is 3. The predicted octanol–water partition coefficient (Wildman–Crippen LogP) is 5.24. The van der Waals surface area contributed by atoms with Crippen molar-refractivity contribution in [3.05, 3.63) is 89.8 Å². The molecule has 2 aliphatic rings. The van der Waals surface area contributed by atoms with Crippen molar-refractivity contribution in [1.82, 2.24) is 15.3 Å². The molecule has 1 amide bonds. The van der Waals surface area contributed by atoms with Crippen molar-refractivity contribution in [3.63, 3.8) is 0 Å². The molecule has 6 rings (SSSR count). The van der Waals surface area contributed by atoms with Gasteiger partial charge in [0.05, 0.1) is 47.6 Å². The first-order valence-corrected chi connectivity index (χ1v) is 14.4. The summed E-state index contributed by atoms with van der Waals surface area (Å²) < 4.78 is 17.6. The highest BCUT2D eigenvalue weighted by Crippen LogP contribution is 2.37. The van der Waals surface area contributed by atoms with Crippen LogP contribution in [0.2, 0.25) is 0 Å². The number of carbonyl (C=O) groups is 1. The number of pyridine rings is 2. The first-order chi connectivity index (χ1) is 21.1. The molecule has 2 aromatic heterocycles. The van der Waals surface area contributed by atoms with Gasteiger partial charge in [-0.1, -0.05) is 35.9 Å². The van der Waals surface area contributed by atoms with Crippen molar-refractivity contribution in [2.75, 3.05) is 36.9 Å². The molecule has 2 fully saturated rings. The summed E-state index contributed by atoms with van der Waals surface area (Å²) in [5.41, 5.74) is 4.83. The summed E-state index contributed by atoms with van der Waals surface area (Å²) in [7, 11) is 0. The Balaban J connectivity index is 1.29. The molecule has 0 spiro atoms. The Labute approximate surface area is 249 Å². The number of amides is 1. The molecule has 3 N–H and O–H groups in total. The van der Waals surface area contributed by atoms with E-state index in [9.17, 15) is 10.1 Å². The van der Waals surface area contributed by atoms with E-state index >= 15 is 0 Å². The second-order valence-electron chi connectivity index (χ2n) is 10.5. The Morgan fingerprint density at radius 3 is 2.72 bits per heavy atom. The predicted molar refractivity (Wildman–Crippen MR) is 163 cm³/mol. The van der Waals surface area contributed by atoms with Gasteiger partial charge in [0.25, 0.3) is 0 Å². The third-order valence-corrected chi connectivity index (χ3v) is 7.35. The van der Waals surface area contributed by atoms with Gasteiger partial charge < -0.3 is 30.2 Å². The molecule has 1 unspecified atom stereocenters. The van der Waals surface area contributed by atoms with Crippen LogP contribution in [0, 0.1) is 11.3 Å². The van der Waals surface area contributed by atoms with Gasteiger partial charge in [0.2, 0.25) is 11.8 Å². The zero-order valence-corrected chi connectivity index (χ0v) is 23.6. The van der Waals surface area contributed by atoms with E-state index in [0.29, 0.717) is 65.0 Å². The molecule has 0 bridgehead atoms. The molecular formula is C33H32N6O4. The van der Waals surface area contributed by atoms with Crippen LogP contribution in [-0.2, 0) is 16.1 Å². The molecule has 43 heavy (non-hydrogen) atoms. The van der Waals surface area contributed by atoms with Crippen molar-refractivity contribution in [2.24, 2.45) is 0 Å². The van der Waals surface area contributed by atoms with Gasteiger partial charge in [-0.3, -0.25) is 9.78 Å². The second kappa shape index (κ2) is 13.3. The highest BCUT2D eigenvalue weighted by Gasteiger charge is 2.21. The molecule has 2 aromatic carbocycles. The number of hydrogen-bond donors (Lipinski definition) is 3. The normalized spacial score (nSPS) is 16.3. The fourth-order valence-electron chi connectivity index (χ4n) is 5.08. The lowest BCUT2D eigenvalue weighted by molar-refractivity contribution is -0.112. The van der Waals surface area contributed by atoms with Crippen LogP contribution in [0.3, 0.4) is 0 Å². The van der Waals surface area contributed by atoms with Crippen LogP contribution < -0.4 is 25.4 Å². The molecule has 1 atom stereocenters. The van der Waals surface area contributed by atoms with E-state index in [2.05, 4.69) is 32.0 Å². The van der Waals surface area contributed by atoms with E-state index in [1.165, 1.54) is 6.20 Å². The van der Waals surface area contributed by atoms with Gasteiger partial charge in [0.15, 0.2) is 0 Å². The maximum absolute atomic E-state index is 13.1. The standard InChI is InChI=1S/C33H32N6O4/c34-17-24-18-36-28-16-30(43-26-10-13-41-21-26)29(39-31(40)14-22-8-11-35-12-9-22)15-27(28)33(24)38-25-6-7-32(37-19-25)42-20-23-4-2-1-3-5-23/h1-7,14-16,18-19,26,35H,8-13,20-21H2,(H,36,38)(H,39,40). The number of benzene rings is 2. The zero-order valence-electron chi connectivity index (χ0n) is 23.6. The van der Waals surface area contributed by atoms with Crippen molar-refractivity contribution in [2.45, 2.75) is 32.0 Å². The van der Waals surface area contributed by atoms with E-state index in [1.54, 1.807) is 30.5 Å². The van der Waals surface area contributed by atoms with Crippen LogP contribution in [0.25, 0.3) is 10.9 Å². The Hall–Kier alpha value is -4.98. The van der Waals surface area contributed by atoms with E-state index < -0.39 is 0 Å². The topological polar surface area (TPSA) is 130 Å². The number of aromatic nitrogens is 2. The van der Waals surface area contributed by atoms with Gasteiger partial charge in [-0.25, -0.2) is 4.98 Å². The number of fused-ring (bicyclic) bond motifs is 1. The fraction of sp³-hybridized carbons (Fsp3) is 0.273. The molecule has 2 saturated heterocycles. The van der Waals surface area contributed by atoms with Gasteiger partial charge in [0, 0.05) is 36.2 Å². The Morgan fingerprint density at radius 2 is 1.98 bits per heavy atom. The van der Waals surface area contributed by atoms with Gasteiger partial charge >= 0.3 is 0 Å². The summed E-state index contributed by atoms with van der Waals surface area (Å²) in [5, 5.41) is 20.2. The van der Waals surface area contributed by atoms with Crippen LogP contribution in [0.15, 0.2) is 78.6 Å². The summed E-state index contributed by atoms with van der Waals surface area (Å²) in [6, 6.07) is 19.3. The molecule has 10 heteroatoms. The molecule has 10 nitrogen and oxygen atoms in total. The summed E-state index contributed by atoms with van der Waals surface area (Å²) in [4.78, 5) is 22.0. The van der Waals surface area contributed by atoms with Crippen LogP contribution in [0.1, 0.15) is 30.4 Å². The average Bonchev–Trinajstić information content (AvgIpc) is 3.55. The molecule has 4 heterocycles. The molecule has 4 aromatic rings. The summed E-state index contributed by atoms with van der Waals surface area (Å²) in [5.74, 6) is 0.766. The Bertz CT molecular complexity index is 1650. The lowest BCUT2D eigenvalue weighted by Crippen LogP contribution is -2.24. The fourth-order valence-corrected chi connectivity index (χ4v) is 5.08. The van der Waals surface area contributed by atoms with E-state index in [4.69, 9.17) is 14.2 Å². The zero-order chi connectivity index (χ0) is 29.4. The Kier molecular flexibility index (Phi) is 8.73. The number of piperidine rings is 1. The second-order valence-corrected chi connectivity index (χ2v) is 10.5. The van der Waals surface area contributed by atoms with E-state index in [0.717, 1.165) is 43.5 Å². The van der Waals surface area contributed by atoms with E-state index in [-0.39, 0.29) is 12.0 Å². The molecule has 2 aliphatic heterocycles. The van der Waals surface area contributed by atoms with Gasteiger partial charge in [-0.05, 0) is 43.6 Å². The number of nitriles is 1. The number of nitrogens with zero attached hydrogens (tertiary/aromatic N) is 3. The smallest absolute Gasteiger partial charge is 0.248 e. The summed E-state index contributed by atoms with van der Waals surface area (Å²) in [6.45, 7) is 3.24. The lowest BCUT2D eigenvalue weighted by atomic mass is 10.0. The van der Waals surface area contributed by atoms with Crippen LogP contribution in [-0.4, -0.2) is 48.3 Å². The van der Waals surface area contributed by atoms with Crippen molar-refractivity contribution in [1.29, 1.82) is 5.26 Å². The number of hydrogen-bond acceptors (Lipinski definition) is 9. The highest BCUT2D eigenvalue weighted by atomic mass is 16.5. The summed E-state index contributed by atoms with van der Waals surface area (Å²) in [6.07, 6.45) is 7.15. The first-order valence-electron chi connectivity index (χ1n) is 14.4. The molecule has 0 radical (unpaired) electrons. The maximum atomic E-state index is 13.1. The minimum atomic E-state index is -0.224. The molecule has 0 aliphatic carbocycles. The van der Waals surface area contributed by atoms with Crippen molar-refractivity contribution >= 4 is 33.9 Å². The molecule has 218 valence electrons. The maximum Gasteiger partial charge on any atom is 0.248 e. The van der Waals surface area contributed by atoms with E-state index in [1.807, 2.05) is 36.4 Å². The van der Waals surface area contributed by atoms with Gasteiger partial charge in [0.1, 0.15) is 24.5 Å². The minimum Gasteiger partial charge on any atom is -0.486 e. The number of rotatable bonds is 9. The van der Waals surface area contributed by atoms with Crippen LogP contribution >= 0.6 is 0 Å². The monoisotopic (exact) mass is 576 g/mol. The minimum absolute atomic E-state index is 0.124. The third-order valence-electron chi connectivity index (χ3n) is 7.35. The largest absolute Gasteiger partial charge is 0.486 e. The Morgan fingerprint density at radius 1 is 1.12 bits per heavy atom. The number of anilines is 3. The van der Waals surface area contributed by atoms with Gasteiger partial charge in [-0.2, -0.15) is 5.26 Å².